The summed E-state index contributed by atoms with van der Waals surface area (Å²) in [5, 5.41) is 15.5. The predicted octanol–water partition coefficient (Wildman–Crippen LogP) is 1.78. The van der Waals surface area contributed by atoms with Crippen molar-refractivity contribution in [2.24, 2.45) is 5.10 Å². The monoisotopic (exact) mass is 313 g/mol. The third-order valence-corrected chi connectivity index (χ3v) is 2.96. The number of amidine groups is 1. The molecule has 23 heavy (non-hydrogen) atoms. The number of hydrazone groups is 1. The van der Waals surface area contributed by atoms with Crippen molar-refractivity contribution < 1.29 is 14.5 Å². The first-order valence-corrected chi connectivity index (χ1v) is 6.55. The Morgan fingerprint density at radius 3 is 2.48 bits per heavy atom. The van der Waals surface area contributed by atoms with Gasteiger partial charge in [-0.3, -0.25) is 15.5 Å². The Morgan fingerprint density at radius 1 is 1.13 bits per heavy atom. The van der Waals surface area contributed by atoms with Crippen molar-refractivity contribution in [1.82, 2.24) is 16.1 Å². The summed E-state index contributed by atoms with van der Waals surface area (Å²) in [4.78, 5) is 22.1. The molecule has 116 valence electrons. The van der Waals surface area contributed by atoms with Crippen molar-refractivity contribution >= 4 is 17.6 Å². The number of nitro benzene ring substituents is 1. The summed E-state index contributed by atoms with van der Waals surface area (Å²) in [6.07, 6.45) is -0.697. The Morgan fingerprint density at radius 2 is 1.83 bits per heavy atom. The first-order valence-electron chi connectivity index (χ1n) is 6.55. The number of hydrogen-bond acceptors (Lipinski definition) is 7. The Hall–Kier alpha value is -3.62. The average molecular weight is 313 g/mol. The number of carbonyl (C=O) groups excluding carboxylic acids is 1. The van der Waals surface area contributed by atoms with Gasteiger partial charge < -0.3 is 4.74 Å². The second-order valence-electron chi connectivity index (χ2n) is 4.49. The zero-order valence-corrected chi connectivity index (χ0v) is 11.7. The van der Waals surface area contributed by atoms with Gasteiger partial charge in [-0.25, -0.2) is 4.79 Å². The van der Waals surface area contributed by atoms with Crippen LogP contribution in [0.4, 0.5) is 10.5 Å². The number of ether oxygens (including phenoxy) is 1. The first kappa shape index (κ1) is 14.3. The molecule has 0 spiro atoms. The van der Waals surface area contributed by atoms with Crippen LogP contribution >= 0.6 is 0 Å². The van der Waals surface area contributed by atoms with Gasteiger partial charge in [-0.1, -0.05) is 18.2 Å². The predicted molar refractivity (Wildman–Crippen MR) is 80.2 cm³/mol. The van der Waals surface area contributed by atoms with Crippen LogP contribution in [0.25, 0.3) is 0 Å². The van der Waals surface area contributed by atoms with Crippen molar-refractivity contribution in [3.05, 3.63) is 70.3 Å². The smallest absolute Gasteiger partial charge is 0.408 e. The van der Waals surface area contributed by atoms with Gasteiger partial charge in [0.25, 0.3) is 5.69 Å². The van der Waals surface area contributed by atoms with E-state index in [1.165, 1.54) is 24.3 Å². The molecule has 1 aliphatic rings. The van der Waals surface area contributed by atoms with E-state index in [1.54, 1.807) is 30.3 Å². The van der Waals surface area contributed by atoms with Crippen LogP contribution in [-0.4, -0.2) is 22.0 Å². The summed E-state index contributed by atoms with van der Waals surface area (Å²) in [6.45, 7) is 0. The fourth-order valence-electron chi connectivity index (χ4n) is 1.85. The molecule has 1 aliphatic heterocycles. The van der Waals surface area contributed by atoms with Crippen LogP contribution in [0.2, 0.25) is 0 Å². The van der Waals surface area contributed by atoms with Gasteiger partial charge in [0.2, 0.25) is 0 Å². The van der Waals surface area contributed by atoms with E-state index in [0.717, 1.165) is 5.12 Å². The average Bonchev–Trinajstić information content (AvgIpc) is 3.06. The van der Waals surface area contributed by atoms with Gasteiger partial charge in [0, 0.05) is 17.7 Å². The van der Waals surface area contributed by atoms with Crippen LogP contribution in [0.1, 0.15) is 5.56 Å². The van der Waals surface area contributed by atoms with Gasteiger partial charge in [0.1, 0.15) is 5.75 Å². The summed E-state index contributed by atoms with van der Waals surface area (Å²) in [5.41, 5.74) is 5.72. The molecular weight excluding hydrogens is 302 g/mol. The number of carbonyl (C=O) groups is 1. The molecule has 2 aromatic rings. The molecule has 0 fully saturated rings. The second-order valence-corrected chi connectivity index (χ2v) is 4.49. The molecule has 1 heterocycles. The van der Waals surface area contributed by atoms with E-state index in [-0.39, 0.29) is 5.69 Å². The van der Waals surface area contributed by atoms with E-state index in [9.17, 15) is 14.9 Å². The number of nitro groups is 1. The normalized spacial score (nSPS) is 12.9. The van der Waals surface area contributed by atoms with E-state index >= 15 is 0 Å². The van der Waals surface area contributed by atoms with Gasteiger partial charge in [-0.05, 0) is 24.3 Å². The van der Waals surface area contributed by atoms with Gasteiger partial charge in [0.05, 0.1) is 4.92 Å². The summed E-state index contributed by atoms with van der Waals surface area (Å²) in [7, 11) is 0. The zero-order chi connectivity index (χ0) is 16.2. The first-order chi connectivity index (χ1) is 11.1. The van der Waals surface area contributed by atoms with Crippen LogP contribution in [0.3, 0.4) is 0 Å². The quantitative estimate of drug-likeness (QED) is 0.660. The Balaban J connectivity index is 1.63. The molecule has 9 heteroatoms. The maximum absolute atomic E-state index is 12.0. The van der Waals surface area contributed by atoms with Crippen molar-refractivity contribution in [2.75, 3.05) is 0 Å². The molecule has 0 aliphatic carbocycles. The fourth-order valence-corrected chi connectivity index (χ4v) is 1.85. The van der Waals surface area contributed by atoms with Gasteiger partial charge in [-0.2, -0.15) is 5.53 Å². The van der Waals surface area contributed by atoms with Gasteiger partial charge in [-0.15, -0.1) is 10.2 Å². The Labute approximate surface area is 130 Å². The lowest BCUT2D eigenvalue weighted by Gasteiger charge is -2.15. The van der Waals surface area contributed by atoms with Crippen LogP contribution in [0.5, 0.6) is 5.75 Å². The highest BCUT2D eigenvalue weighted by Gasteiger charge is 2.23. The highest BCUT2D eigenvalue weighted by molar-refractivity contribution is 6.00. The summed E-state index contributed by atoms with van der Waals surface area (Å²) in [5.74, 6) is 0.731. The van der Waals surface area contributed by atoms with Crippen molar-refractivity contribution in [3.8, 4) is 5.75 Å². The highest BCUT2D eigenvalue weighted by Crippen LogP contribution is 2.14. The van der Waals surface area contributed by atoms with Gasteiger partial charge in [0.15, 0.2) is 5.84 Å². The number of benzene rings is 2. The fraction of sp³-hybridized carbons (Fsp3) is 0. The number of rotatable bonds is 3. The van der Waals surface area contributed by atoms with Crippen molar-refractivity contribution in [3.63, 3.8) is 0 Å². The molecule has 1 amide bonds. The largest absolute Gasteiger partial charge is 0.455 e. The lowest BCUT2D eigenvalue weighted by Crippen LogP contribution is -2.47. The topological polar surface area (TPSA) is 109 Å². The lowest BCUT2D eigenvalue weighted by molar-refractivity contribution is -0.384. The molecule has 2 aromatic carbocycles. The standard InChI is InChI=1S/C14H11N5O4/c20-14(23-12-4-2-1-3-5-12)18-16-13(15-17-18)10-6-8-11(9-7-10)19(21)22/h1-9,17H,(H,15,16). The minimum atomic E-state index is -0.697. The number of para-hydroxylation sites is 1. The molecule has 0 saturated carbocycles. The van der Waals surface area contributed by atoms with Gasteiger partial charge >= 0.3 is 6.09 Å². The summed E-state index contributed by atoms with van der Waals surface area (Å²) < 4.78 is 5.13. The molecule has 0 atom stereocenters. The van der Waals surface area contributed by atoms with Crippen LogP contribution in [0.15, 0.2) is 59.7 Å². The number of hydrazine groups is 2. The maximum atomic E-state index is 12.0. The maximum Gasteiger partial charge on any atom is 0.455 e. The van der Waals surface area contributed by atoms with E-state index in [4.69, 9.17) is 4.74 Å². The minimum absolute atomic E-state index is 0.0272. The molecular formula is C14H11N5O4. The second kappa shape index (κ2) is 6.02. The molecule has 0 saturated heterocycles. The lowest BCUT2D eigenvalue weighted by atomic mass is 10.2. The number of amides is 1. The van der Waals surface area contributed by atoms with E-state index < -0.39 is 11.0 Å². The molecule has 0 aromatic heterocycles. The number of nitrogens with one attached hydrogen (secondary N) is 2. The molecule has 9 nitrogen and oxygen atoms in total. The SMILES string of the molecule is O=C(Oc1ccccc1)N1NN=C(c2ccc([N+](=O)[O-])cc2)N1. The van der Waals surface area contributed by atoms with Crippen LogP contribution in [-0.2, 0) is 0 Å². The summed E-state index contributed by atoms with van der Waals surface area (Å²) in [6, 6.07) is 14.3. The van der Waals surface area contributed by atoms with Crippen molar-refractivity contribution in [2.45, 2.75) is 0 Å². The molecule has 0 bridgehead atoms. The van der Waals surface area contributed by atoms with Crippen LogP contribution in [0, 0.1) is 10.1 Å². The Kier molecular flexibility index (Phi) is 3.75. The molecule has 0 radical (unpaired) electrons. The van der Waals surface area contributed by atoms with E-state index in [0.29, 0.717) is 17.1 Å². The van der Waals surface area contributed by atoms with Crippen molar-refractivity contribution in [1.29, 1.82) is 0 Å². The molecule has 3 rings (SSSR count). The van der Waals surface area contributed by atoms with Crippen LogP contribution < -0.4 is 15.7 Å². The Bertz CT molecular complexity index is 760. The number of hydrogen-bond donors (Lipinski definition) is 2. The minimum Gasteiger partial charge on any atom is -0.408 e. The molecule has 2 N–H and O–H groups in total. The third kappa shape index (κ3) is 3.18. The van der Waals surface area contributed by atoms with E-state index in [1.807, 2.05) is 0 Å². The number of non-ortho nitro benzene ring substituents is 1. The third-order valence-electron chi connectivity index (χ3n) is 2.96. The zero-order valence-electron chi connectivity index (χ0n) is 11.7. The summed E-state index contributed by atoms with van der Waals surface area (Å²) >= 11 is 0. The molecule has 0 unspecified atom stereocenters. The number of nitrogens with zero attached hydrogens (tertiary/aromatic N) is 3. The highest BCUT2D eigenvalue weighted by atomic mass is 16.6. The van der Waals surface area contributed by atoms with E-state index in [2.05, 4.69) is 16.1 Å².